The SMILES string of the molecule is COCCn1c(C)cc(C(=O)CSc2nnc(-c3ccncc3)n2-c2ccc(C)c(C)c2)c1C. The Morgan fingerprint density at radius 1 is 1.00 bits per heavy atom. The summed E-state index contributed by atoms with van der Waals surface area (Å²) in [6, 6.07) is 12.1. The second kappa shape index (κ2) is 10.4. The molecule has 4 rings (SSSR count). The van der Waals surface area contributed by atoms with Gasteiger partial charge in [-0.15, -0.1) is 10.2 Å². The topological polar surface area (TPSA) is 74.8 Å². The highest BCUT2D eigenvalue weighted by Gasteiger charge is 2.20. The van der Waals surface area contributed by atoms with Gasteiger partial charge < -0.3 is 9.30 Å². The zero-order chi connectivity index (χ0) is 24.2. The Morgan fingerprint density at radius 2 is 1.76 bits per heavy atom. The van der Waals surface area contributed by atoms with E-state index >= 15 is 0 Å². The minimum Gasteiger partial charge on any atom is -0.383 e. The molecule has 34 heavy (non-hydrogen) atoms. The highest BCUT2D eigenvalue weighted by molar-refractivity contribution is 7.99. The van der Waals surface area contributed by atoms with Crippen LogP contribution in [-0.2, 0) is 11.3 Å². The molecule has 0 radical (unpaired) electrons. The summed E-state index contributed by atoms with van der Waals surface area (Å²) in [4.78, 5) is 17.3. The second-order valence-corrected chi connectivity index (χ2v) is 9.23. The van der Waals surface area contributed by atoms with Gasteiger partial charge in [0.05, 0.1) is 18.0 Å². The number of aromatic nitrogens is 5. The van der Waals surface area contributed by atoms with Crippen molar-refractivity contribution >= 4 is 17.5 Å². The number of Topliss-reactive ketones (excluding diaryl/α,β-unsaturated/α-hetero) is 1. The Morgan fingerprint density at radius 3 is 2.47 bits per heavy atom. The first-order valence-corrected chi connectivity index (χ1v) is 12.1. The Bertz CT molecular complexity index is 1310. The van der Waals surface area contributed by atoms with E-state index in [2.05, 4.69) is 51.8 Å². The predicted molar refractivity (Wildman–Crippen MR) is 135 cm³/mol. The Balaban J connectivity index is 1.64. The van der Waals surface area contributed by atoms with Crippen LogP contribution >= 0.6 is 11.8 Å². The van der Waals surface area contributed by atoms with Crippen molar-refractivity contribution in [2.45, 2.75) is 39.4 Å². The molecule has 0 aliphatic carbocycles. The molecule has 0 atom stereocenters. The number of nitrogens with zero attached hydrogens (tertiary/aromatic N) is 5. The van der Waals surface area contributed by atoms with Crippen molar-refractivity contribution in [1.29, 1.82) is 0 Å². The molecule has 0 bridgehead atoms. The van der Waals surface area contributed by atoms with Crippen LogP contribution in [0.3, 0.4) is 0 Å². The highest BCUT2D eigenvalue weighted by Crippen LogP contribution is 2.29. The van der Waals surface area contributed by atoms with Crippen LogP contribution in [0.5, 0.6) is 0 Å². The number of pyridine rings is 1. The fraction of sp³-hybridized carbons (Fsp3) is 0.308. The Kier molecular flexibility index (Phi) is 7.29. The summed E-state index contributed by atoms with van der Waals surface area (Å²) in [7, 11) is 1.68. The zero-order valence-corrected chi connectivity index (χ0v) is 21.0. The van der Waals surface area contributed by atoms with E-state index in [1.807, 2.05) is 36.6 Å². The van der Waals surface area contributed by atoms with Crippen molar-refractivity contribution in [3.8, 4) is 17.1 Å². The number of carbonyl (C=O) groups is 1. The van der Waals surface area contributed by atoms with Gasteiger partial charge in [-0.1, -0.05) is 17.8 Å². The molecular formula is C26H29N5O2S. The van der Waals surface area contributed by atoms with Crippen LogP contribution < -0.4 is 0 Å². The van der Waals surface area contributed by atoms with Crippen LogP contribution in [-0.4, -0.2) is 49.6 Å². The van der Waals surface area contributed by atoms with E-state index in [0.29, 0.717) is 11.8 Å². The van der Waals surface area contributed by atoms with Crippen molar-refractivity contribution in [3.63, 3.8) is 0 Å². The van der Waals surface area contributed by atoms with Crippen LogP contribution in [0.25, 0.3) is 17.1 Å². The number of hydrogen-bond acceptors (Lipinski definition) is 6. The number of ketones is 1. The lowest BCUT2D eigenvalue weighted by Crippen LogP contribution is -2.10. The number of methoxy groups -OCH3 is 1. The van der Waals surface area contributed by atoms with Gasteiger partial charge in [-0.2, -0.15) is 0 Å². The molecule has 0 saturated heterocycles. The van der Waals surface area contributed by atoms with Gasteiger partial charge in [0.15, 0.2) is 16.8 Å². The summed E-state index contributed by atoms with van der Waals surface area (Å²) in [5.41, 5.74) is 7.05. The summed E-state index contributed by atoms with van der Waals surface area (Å²) >= 11 is 1.40. The maximum atomic E-state index is 13.2. The number of hydrogen-bond donors (Lipinski definition) is 0. The van der Waals surface area contributed by atoms with Crippen molar-refractivity contribution in [2.24, 2.45) is 0 Å². The predicted octanol–water partition coefficient (Wildman–Crippen LogP) is 4.99. The molecule has 0 aliphatic rings. The van der Waals surface area contributed by atoms with E-state index in [0.717, 1.165) is 40.6 Å². The van der Waals surface area contributed by atoms with Crippen molar-refractivity contribution in [2.75, 3.05) is 19.5 Å². The largest absolute Gasteiger partial charge is 0.383 e. The van der Waals surface area contributed by atoms with Gasteiger partial charge in [0.25, 0.3) is 0 Å². The Hall–Kier alpha value is -3.23. The smallest absolute Gasteiger partial charge is 0.196 e. The summed E-state index contributed by atoms with van der Waals surface area (Å²) < 4.78 is 9.35. The molecule has 0 aliphatic heterocycles. The van der Waals surface area contributed by atoms with Gasteiger partial charge in [0.2, 0.25) is 0 Å². The molecule has 4 aromatic rings. The van der Waals surface area contributed by atoms with Crippen LogP contribution in [0.4, 0.5) is 0 Å². The molecule has 7 nitrogen and oxygen atoms in total. The molecule has 0 spiro atoms. The maximum absolute atomic E-state index is 13.2. The van der Waals surface area contributed by atoms with Gasteiger partial charge in [-0.25, -0.2) is 0 Å². The number of carbonyl (C=O) groups excluding carboxylic acids is 1. The van der Waals surface area contributed by atoms with E-state index in [1.165, 1.54) is 22.9 Å². The van der Waals surface area contributed by atoms with E-state index in [1.54, 1.807) is 19.5 Å². The van der Waals surface area contributed by atoms with Crippen LogP contribution in [0, 0.1) is 27.7 Å². The first kappa shape index (κ1) is 23.9. The molecule has 0 N–H and O–H groups in total. The number of aryl methyl sites for hydroxylation is 3. The summed E-state index contributed by atoms with van der Waals surface area (Å²) in [6.45, 7) is 9.52. The number of benzene rings is 1. The van der Waals surface area contributed by atoms with Crippen LogP contribution in [0.15, 0.2) is 53.9 Å². The number of rotatable bonds is 9. The molecule has 0 amide bonds. The fourth-order valence-electron chi connectivity index (χ4n) is 3.97. The lowest BCUT2D eigenvalue weighted by Gasteiger charge is -2.12. The molecule has 0 unspecified atom stereocenters. The molecular weight excluding hydrogens is 446 g/mol. The van der Waals surface area contributed by atoms with Crippen LogP contribution in [0.2, 0.25) is 0 Å². The van der Waals surface area contributed by atoms with Crippen molar-refractivity contribution in [3.05, 3.63) is 76.9 Å². The zero-order valence-electron chi connectivity index (χ0n) is 20.2. The molecule has 176 valence electrons. The average Bonchev–Trinajstić information content (AvgIpc) is 3.39. The third-order valence-corrected chi connectivity index (χ3v) is 6.97. The minimum atomic E-state index is 0.0712. The van der Waals surface area contributed by atoms with Gasteiger partial charge in [0.1, 0.15) is 0 Å². The van der Waals surface area contributed by atoms with E-state index in [-0.39, 0.29) is 11.5 Å². The third kappa shape index (κ3) is 4.83. The molecule has 8 heteroatoms. The summed E-state index contributed by atoms with van der Waals surface area (Å²) in [5.74, 6) is 1.06. The molecule has 0 saturated carbocycles. The van der Waals surface area contributed by atoms with Crippen molar-refractivity contribution < 1.29 is 9.53 Å². The lowest BCUT2D eigenvalue weighted by molar-refractivity contribution is 0.102. The molecule has 0 fully saturated rings. The maximum Gasteiger partial charge on any atom is 0.196 e. The van der Waals surface area contributed by atoms with Gasteiger partial charge in [-0.3, -0.25) is 14.3 Å². The first-order chi connectivity index (χ1) is 16.4. The quantitative estimate of drug-likeness (QED) is 0.251. The highest BCUT2D eigenvalue weighted by atomic mass is 32.2. The third-order valence-electron chi connectivity index (χ3n) is 6.05. The minimum absolute atomic E-state index is 0.0712. The monoisotopic (exact) mass is 475 g/mol. The normalized spacial score (nSPS) is 11.2. The van der Waals surface area contributed by atoms with Crippen molar-refractivity contribution in [1.82, 2.24) is 24.3 Å². The lowest BCUT2D eigenvalue weighted by atomic mass is 10.1. The number of thioether (sulfide) groups is 1. The fourth-order valence-corrected chi connectivity index (χ4v) is 4.80. The molecule has 3 heterocycles. The first-order valence-electron chi connectivity index (χ1n) is 11.2. The van der Waals surface area contributed by atoms with Gasteiger partial charge >= 0.3 is 0 Å². The summed E-state index contributed by atoms with van der Waals surface area (Å²) in [5, 5.41) is 9.60. The van der Waals surface area contributed by atoms with E-state index < -0.39 is 0 Å². The van der Waals surface area contributed by atoms with E-state index in [4.69, 9.17) is 4.74 Å². The molecule has 1 aromatic carbocycles. The van der Waals surface area contributed by atoms with Gasteiger partial charge in [0, 0.05) is 48.6 Å². The Labute approximate surface area is 204 Å². The number of ether oxygens (including phenoxy) is 1. The van der Waals surface area contributed by atoms with Crippen LogP contribution in [0.1, 0.15) is 32.9 Å². The summed E-state index contributed by atoms with van der Waals surface area (Å²) in [6.07, 6.45) is 3.48. The average molecular weight is 476 g/mol. The standard InChI is InChI=1S/C26H29N5O2S/c1-17-6-7-22(14-18(17)2)31-25(21-8-10-27-11-9-21)28-29-26(31)34-16-24(32)23-15-19(3)30(20(23)4)12-13-33-5/h6-11,14-15H,12-13,16H2,1-5H3. The van der Waals surface area contributed by atoms with E-state index in [9.17, 15) is 4.79 Å². The second-order valence-electron chi connectivity index (χ2n) is 8.29. The molecule has 3 aromatic heterocycles. The van der Waals surface area contributed by atoms with Gasteiger partial charge in [-0.05, 0) is 69.2 Å².